The Bertz CT molecular complexity index is 256. The van der Waals surface area contributed by atoms with E-state index in [0.29, 0.717) is 6.61 Å². The summed E-state index contributed by atoms with van der Waals surface area (Å²) in [5.74, 6) is 0.838. The lowest BCUT2D eigenvalue weighted by atomic mass is 10.2. The molecule has 0 radical (unpaired) electrons. The van der Waals surface area contributed by atoms with Crippen LogP contribution in [-0.4, -0.2) is 18.9 Å². The third-order valence-corrected chi connectivity index (χ3v) is 1.46. The molecule has 0 saturated heterocycles. The van der Waals surface area contributed by atoms with Crippen LogP contribution in [-0.2, 0) is 4.74 Å². The highest BCUT2D eigenvalue weighted by molar-refractivity contribution is 5.61. The summed E-state index contributed by atoms with van der Waals surface area (Å²) in [6.07, 6.45) is 7.54. The van der Waals surface area contributed by atoms with Crippen molar-refractivity contribution in [2.24, 2.45) is 4.99 Å². The number of fused-ring (bicyclic) bond motifs is 1. The molecule has 2 heteroatoms. The fourth-order valence-corrected chi connectivity index (χ4v) is 0.992. The summed E-state index contributed by atoms with van der Waals surface area (Å²) in [5, 5.41) is 0. The lowest BCUT2D eigenvalue weighted by Gasteiger charge is -2.16. The molecule has 1 aliphatic carbocycles. The molecule has 0 aromatic rings. The quantitative estimate of drug-likeness (QED) is 0.453. The van der Waals surface area contributed by atoms with E-state index in [4.69, 9.17) is 4.74 Å². The monoisotopic (exact) mass is 133 g/mol. The molecule has 0 fully saturated rings. The van der Waals surface area contributed by atoms with Crippen LogP contribution in [0, 0.1) is 0 Å². The van der Waals surface area contributed by atoms with Gasteiger partial charge in [0.15, 0.2) is 5.76 Å². The van der Waals surface area contributed by atoms with Crippen molar-refractivity contribution in [2.75, 3.05) is 6.61 Å². The molecule has 1 aliphatic heterocycles. The first-order valence-corrected chi connectivity index (χ1v) is 3.24. The van der Waals surface area contributed by atoms with Gasteiger partial charge in [-0.2, -0.15) is 0 Å². The van der Waals surface area contributed by atoms with E-state index in [1.807, 2.05) is 18.2 Å². The van der Waals surface area contributed by atoms with Gasteiger partial charge in [-0.05, 0) is 6.08 Å². The highest BCUT2D eigenvalue weighted by Crippen LogP contribution is 2.14. The SMILES string of the molecule is C1=CC=CC2N=CCOC=12. The minimum absolute atomic E-state index is 0.0961. The fraction of sp³-hybridized carbons (Fsp3) is 0.250. The Morgan fingerprint density at radius 3 is 3.60 bits per heavy atom. The van der Waals surface area contributed by atoms with Crippen LogP contribution in [0.3, 0.4) is 0 Å². The van der Waals surface area contributed by atoms with Crippen molar-refractivity contribution in [3.8, 4) is 0 Å². The average Bonchev–Trinajstić information content (AvgIpc) is 2.05. The van der Waals surface area contributed by atoms with E-state index >= 15 is 0 Å². The van der Waals surface area contributed by atoms with Crippen LogP contribution < -0.4 is 0 Å². The zero-order valence-corrected chi connectivity index (χ0v) is 5.45. The molecule has 2 aliphatic rings. The Labute approximate surface area is 59.2 Å². The van der Waals surface area contributed by atoms with Crippen LogP contribution in [0.4, 0.5) is 0 Å². The van der Waals surface area contributed by atoms with Crippen molar-refractivity contribution < 1.29 is 4.74 Å². The van der Waals surface area contributed by atoms with Gasteiger partial charge in [0.2, 0.25) is 0 Å². The van der Waals surface area contributed by atoms with Crippen LogP contribution in [0.2, 0.25) is 0 Å². The maximum Gasteiger partial charge on any atom is 0.167 e. The lowest BCUT2D eigenvalue weighted by Crippen LogP contribution is -2.16. The molecule has 0 N–H and O–H groups in total. The molecule has 2 rings (SSSR count). The molecule has 0 saturated carbocycles. The molecule has 2 nitrogen and oxygen atoms in total. The van der Waals surface area contributed by atoms with Gasteiger partial charge in [-0.3, -0.25) is 4.99 Å². The lowest BCUT2D eigenvalue weighted by molar-refractivity contribution is 0.238. The molecule has 1 atom stereocenters. The summed E-state index contributed by atoms with van der Waals surface area (Å²) < 4.78 is 5.26. The van der Waals surface area contributed by atoms with Gasteiger partial charge in [0.25, 0.3) is 0 Å². The van der Waals surface area contributed by atoms with Crippen molar-refractivity contribution >= 4 is 6.21 Å². The van der Waals surface area contributed by atoms with Gasteiger partial charge in [-0.1, -0.05) is 17.9 Å². The van der Waals surface area contributed by atoms with Gasteiger partial charge in [0, 0.05) is 6.21 Å². The van der Waals surface area contributed by atoms with E-state index in [1.54, 1.807) is 6.21 Å². The van der Waals surface area contributed by atoms with Gasteiger partial charge in [-0.15, -0.1) is 0 Å². The first-order valence-electron chi connectivity index (χ1n) is 3.24. The second-order valence-electron chi connectivity index (χ2n) is 2.15. The molecule has 0 spiro atoms. The molecular weight excluding hydrogens is 126 g/mol. The van der Waals surface area contributed by atoms with Crippen molar-refractivity contribution in [3.05, 3.63) is 29.7 Å². The Morgan fingerprint density at radius 2 is 2.70 bits per heavy atom. The maximum absolute atomic E-state index is 5.26. The molecule has 0 bridgehead atoms. The van der Waals surface area contributed by atoms with Crippen LogP contribution in [0.15, 0.2) is 34.7 Å². The number of rotatable bonds is 0. The zero-order valence-electron chi connectivity index (χ0n) is 5.45. The van der Waals surface area contributed by atoms with Gasteiger partial charge >= 0.3 is 0 Å². The van der Waals surface area contributed by atoms with E-state index in [9.17, 15) is 0 Å². The van der Waals surface area contributed by atoms with Crippen molar-refractivity contribution in [2.45, 2.75) is 6.04 Å². The second kappa shape index (κ2) is 2.16. The maximum atomic E-state index is 5.26. The fourth-order valence-electron chi connectivity index (χ4n) is 0.992. The summed E-state index contributed by atoms with van der Waals surface area (Å²) in [6, 6.07) is 0.0961. The molecule has 0 aromatic carbocycles. The smallest absolute Gasteiger partial charge is 0.167 e. The van der Waals surface area contributed by atoms with E-state index in [0.717, 1.165) is 5.76 Å². The van der Waals surface area contributed by atoms with Crippen LogP contribution in [0.25, 0.3) is 0 Å². The topological polar surface area (TPSA) is 21.6 Å². The van der Waals surface area contributed by atoms with Crippen molar-refractivity contribution in [3.63, 3.8) is 0 Å². The summed E-state index contributed by atoms with van der Waals surface area (Å²) in [5.41, 5.74) is 2.99. The Hall–Kier alpha value is -1.27. The van der Waals surface area contributed by atoms with Crippen molar-refractivity contribution in [1.29, 1.82) is 0 Å². The molecule has 1 heterocycles. The van der Waals surface area contributed by atoms with E-state index in [1.165, 1.54) is 0 Å². The Morgan fingerprint density at radius 1 is 1.70 bits per heavy atom. The van der Waals surface area contributed by atoms with E-state index in [2.05, 4.69) is 10.7 Å². The number of hydrogen-bond donors (Lipinski definition) is 0. The summed E-state index contributed by atoms with van der Waals surface area (Å²) >= 11 is 0. The minimum Gasteiger partial charge on any atom is -0.482 e. The van der Waals surface area contributed by atoms with Crippen molar-refractivity contribution in [1.82, 2.24) is 0 Å². The highest BCUT2D eigenvalue weighted by atomic mass is 16.5. The third-order valence-electron chi connectivity index (χ3n) is 1.46. The Kier molecular flexibility index (Phi) is 1.19. The third kappa shape index (κ3) is 0.789. The second-order valence-corrected chi connectivity index (χ2v) is 2.15. The first kappa shape index (κ1) is 5.51. The summed E-state index contributed by atoms with van der Waals surface area (Å²) in [6.45, 7) is 0.584. The number of allylic oxidation sites excluding steroid dienone is 1. The van der Waals surface area contributed by atoms with E-state index in [-0.39, 0.29) is 6.04 Å². The number of ether oxygens (including phenoxy) is 1. The van der Waals surface area contributed by atoms with Crippen LogP contribution >= 0.6 is 0 Å². The molecule has 1 unspecified atom stereocenters. The summed E-state index contributed by atoms with van der Waals surface area (Å²) in [7, 11) is 0. The van der Waals surface area contributed by atoms with Gasteiger partial charge in [0.05, 0.1) is 0 Å². The molecule has 10 heavy (non-hydrogen) atoms. The molecular formula is C8H7NO. The predicted octanol–water partition coefficient (Wildman–Crippen LogP) is 1.06. The highest BCUT2D eigenvalue weighted by Gasteiger charge is 2.14. The normalized spacial score (nSPS) is 27.2. The minimum atomic E-state index is 0.0961. The van der Waals surface area contributed by atoms with Gasteiger partial charge < -0.3 is 4.74 Å². The molecule has 0 aromatic heterocycles. The van der Waals surface area contributed by atoms with Crippen LogP contribution in [0.1, 0.15) is 0 Å². The molecule has 0 amide bonds. The largest absolute Gasteiger partial charge is 0.482 e. The van der Waals surface area contributed by atoms with Crippen LogP contribution in [0.5, 0.6) is 0 Å². The molecule has 50 valence electrons. The Balaban J connectivity index is 2.40. The number of aliphatic imine (C=N–C) groups is 1. The van der Waals surface area contributed by atoms with E-state index < -0.39 is 0 Å². The average molecular weight is 133 g/mol. The number of nitrogens with zero attached hydrogens (tertiary/aromatic N) is 1. The summed E-state index contributed by atoms with van der Waals surface area (Å²) in [4.78, 5) is 4.20. The zero-order chi connectivity index (χ0) is 6.81. The van der Waals surface area contributed by atoms with Gasteiger partial charge in [0.1, 0.15) is 12.6 Å². The first-order chi connectivity index (χ1) is 4.97. The predicted molar refractivity (Wildman–Crippen MR) is 39.0 cm³/mol. The number of hydrogen-bond acceptors (Lipinski definition) is 2. The standard InChI is InChI=1S/C8H7NO/c1-2-4-8-7(3-1)9-5-6-10-8/h1-3,5,7H,6H2. The van der Waals surface area contributed by atoms with Gasteiger partial charge in [-0.25, -0.2) is 0 Å².